The Labute approximate surface area is 72.0 Å². The number of hydrogen-bond donors (Lipinski definition) is 3. The van der Waals surface area contributed by atoms with Crippen LogP contribution in [0.5, 0.6) is 0 Å². The van der Waals surface area contributed by atoms with Crippen molar-refractivity contribution in [3.63, 3.8) is 0 Å². The van der Waals surface area contributed by atoms with Crippen LogP contribution in [0.15, 0.2) is 20.2 Å². The van der Waals surface area contributed by atoms with Crippen molar-refractivity contribution >= 4 is 19.0 Å². The molecule has 8 heteroatoms. The number of nitrogens with zero attached hydrogens (tertiary/aromatic N) is 5. The smallest absolute Gasteiger partial charge is 0.324 e. The summed E-state index contributed by atoms with van der Waals surface area (Å²) in [6, 6.07) is 0. The number of aromatic nitrogens is 3. The number of rotatable bonds is 1. The molecule has 1 aromatic heterocycles. The molecule has 0 amide bonds. The van der Waals surface area contributed by atoms with Crippen LogP contribution in [0.4, 0.5) is 0 Å². The molecule has 62 valence electrons. The lowest BCUT2D eigenvalue weighted by Crippen LogP contribution is -2.18. The third-order valence-electron chi connectivity index (χ3n) is 1.33. The van der Waals surface area contributed by atoms with Crippen molar-refractivity contribution in [2.45, 2.75) is 10.9 Å². The number of aliphatic imine (C=N–C) groups is 1. The average molecular weight is 184 g/mol. The quantitative estimate of drug-likeness (QED) is 0.522. The summed E-state index contributed by atoms with van der Waals surface area (Å²) in [7, 11) is 0. The minimum absolute atomic E-state index is 0.142. The van der Waals surface area contributed by atoms with Crippen LogP contribution in [-0.4, -0.2) is 26.9 Å². The molecule has 1 aliphatic rings. The largest absolute Gasteiger partial charge is 0.345 e. The van der Waals surface area contributed by atoms with Crippen LogP contribution in [0, 0.1) is 0 Å². The Balaban J connectivity index is 2.49. The predicted octanol–water partition coefficient (Wildman–Crippen LogP) is -0.310. The number of hydrogen-bond acceptors (Lipinski definition) is 7. The van der Waals surface area contributed by atoms with Crippen molar-refractivity contribution in [3.05, 3.63) is 5.69 Å². The molecule has 2 heterocycles. The lowest BCUT2D eigenvalue weighted by molar-refractivity contribution is 0.0483. The van der Waals surface area contributed by atoms with E-state index in [1.165, 1.54) is 0 Å². The minimum Gasteiger partial charge on any atom is -0.345 e. The second kappa shape index (κ2) is 2.35. The van der Waals surface area contributed by atoms with Gasteiger partial charge in [-0.25, -0.2) is 4.99 Å². The van der Waals surface area contributed by atoms with Crippen molar-refractivity contribution in [2.75, 3.05) is 0 Å². The van der Waals surface area contributed by atoms with Crippen LogP contribution >= 0.6 is 12.6 Å². The molecular weight excluding hydrogens is 180 g/mol. The zero-order valence-electron chi connectivity index (χ0n) is 5.71. The second-order valence-electron chi connectivity index (χ2n) is 2.10. The molecule has 0 aromatic carbocycles. The van der Waals surface area contributed by atoms with E-state index in [1.54, 1.807) is 0 Å². The fourth-order valence-corrected chi connectivity index (χ4v) is 1.04. The normalized spacial score (nSPS) is 26.8. The van der Waals surface area contributed by atoms with Gasteiger partial charge in [-0.1, -0.05) is 5.21 Å². The van der Waals surface area contributed by atoms with E-state index in [-0.39, 0.29) is 5.69 Å². The molecule has 1 aliphatic heterocycles. The molecule has 0 radical (unpaired) electrons. The van der Waals surface area contributed by atoms with Gasteiger partial charge >= 0.3 is 5.85 Å². The Morgan fingerprint density at radius 2 is 2.42 bits per heavy atom. The average Bonchev–Trinajstić information content (AvgIpc) is 2.59. The monoisotopic (exact) mass is 184 g/mol. The van der Waals surface area contributed by atoms with Gasteiger partial charge in [0.05, 0.1) is 0 Å². The Morgan fingerprint density at radius 3 is 2.92 bits per heavy atom. The topological polar surface area (TPSA) is 98.9 Å². The summed E-state index contributed by atoms with van der Waals surface area (Å²) in [6.45, 7) is 0. The maximum atomic E-state index is 9.60. The van der Waals surface area contributed by atoms with Gasteiger partial charge < -0.3 is 5.11 Å². The van der Waals surface area contributed by atoms with Gasteiger partial charge in [-0.2, -0.15) is 0 Å². The van der Waals surface area contributed by atoms with Gasteiger partial charge in [-0.15, -0.1) is 28.0 Å². The van der Waals surface area contributed by atoms with E-state index < -0.39 is 5.85 Å². The molecular formula is C4H4N6OS. The first-order valence-corrected chi connectivity index (χ1v) is 3.46. The standard InChI is InChI=1S/C4H4N6OS/c11-4(5-1-6-9-4)2-3(12)8-10-7-2/h1,11H,(H2,7,8,10,12). The van der Waals surface area contributed by atoms with Crippen LogP contribution < -0.4 is 0 Å². The fourth-order valence-electron chi connectivity index (χ4n) is 0.796. The zero-order valence-corrected chi connectivity index (χ0v) is 6.60. The second-order valence-corrected chi connectivity index (χ2v) is 2.55. The van der Waals surface area contributed by atoms with Gasteiger partial charge in [-0.3, -0.25) is 5.10 Å². The molecule has 0 bridgehead atoms. The summed E-state index contributed by atoms with van der Waals surface area (Å²) in [5, 5.41) is 26.2. The van der Waals surface area contributed by atoms with E-state index >= 15 is 0 Å². The highest BCUT2D eigenvalue weighted by Crippen LogP contribution is 2.28. The number of azo groups is 1. The van der Waals surface area contributed by atoms with Gasteiger partial charge in [0.25, 0.3) is 0 Å². The van der Waals surface area contributed by atoms with Crippen molar-refractivity contribution in [1.82, 2.24) is 15.4 Å². The highest BCUT2D eigenvalue weighted by molar-refractivity contribution is 7.80. The maximum absolute atomic E-state index is 9.60. The van der Waals surface area contributed by atoms with Crippen molar-refractivity contribution in [1.29, 1.82) is 0 Å². The molecule has 7 nitrogen and oxygen atoms in total. The minimum atomic E-state index is -1.75. The molecule has 0 fully saturated rings. The molecule has 2 rings (SSSR count). The Bertz CT molecular complexity index is 344. The number of H-pyrrole nitrogens is 1. The van der Waals surface area contributed by atoms with E-state index in [2.05, 4.69) is 43.3 Å². The van der Waals surface area contributed by atoms with Gasteiger partial charge in [0.15, 0.2) is 5.69 Å². The summed E-state index contributed by atoms with van der Waals surface area (Å²) < 4.78 is 0. The van der Waals surface area contributed by atoms with Crippen LogP contribution in [0.2, 0.25) is 0 Å². The SMILES string of the molecule is OC1(c2nn[nH]c2S)N=CN=N1. The number of thiol groups is 1. The summed E-state index contributed by atoms with van der Waals surface area (Å²) in [5.74, 6) is -1.75. The summed E-state index contributed by atoms with van der Waals surface area (Å²) in [5.41, 5.74) is 0.142. The highest BCUT2D eigenvalue weighted by Gasteiger charge is 2.35. The lowest BCUT2D eigenvalue weighted by atomic mass is 10.3. The summed E-state index contributed by atoms with van der Waals surface area (Å²) in [4.78, 5) is 3.60. The first kappa shape index (κ1) is 7.37. The third kappa shape index (κ3) is 0.924. The number of aliphatic hydroxyl groups is 1. The molecule has 1 atom stereocenters. The predicted molar refractivity (Wildman–Crippen MR) is 40.9 cm³/mol. The van der Waals surface area contributed by atoms with Crippen LogP contribution in [0.1, 0.15) is 5.69 Å². The first-order valence-electron chi connectivity index (χ1n) is 3.01. The Kier molecular flexibility index (Phi) is 1.45. The Morgan fingerprint density at radius 1 is 1.58 bits per heavy atom. The fraction of sp³-hybridized carbons (Fsp3) is 0.250. The number of nitrogens with one attached hydrogen (secondary N) is 1. The van der Waals surface area contributed by atoms with E-state index in [1.807, 2.05) is 0 Å². The maximum Gasteiger partial charge on any atom is 0.324 e. The molecule has 1 unspecified atom stereocenters. The molecule has 0 spiro atoms. The highest BCUT2D eigenvalue weighted by atomic mass is 32.1. The van der Waals surface area contributed by atoms with Crippen molar-refractivity contribution < 1.29 is 5.11 Å². The lowest BCUT2D eigenvalue weighted by Gasteiger charge is -2.09. The Hall–Kier alpha value is -1.28. The van der Waals surface area contributed by atoms with Gasteiger partial charge in [0.1, 0.15) is 11.4 Å². The molecule has 2 N–H and O–H groups in total. The summed E-state index contributed by atoms with van der Waals surface area (Å²) >= 11 is 3.96. The van der Waals surface area contributed by atoms with E-state index in [4.69, 9.17) is 0 Å². The molecule has 0 saturated carbocycles. The van der Waals surface area contributed by atoms with Gasteiger partial charge in [0, 0.05) is 0 Å². The molecule has 0 aliphatic carbocycles. The van der Waals surface area contributed by atoms with Crippen LogP contribution in [0.25, 0.3) is 0 Å². The van der Waals surface area contributed by atoms with Gasteiger partial charge in [-0.05, 0) is 0 Å². The van der Waals surface area contributed by atoms with Gasteiger partial charge in [0.2, 0.25) is 0 Å². The third-order valence-corrected chi connectivity index (χ3v) is 1.65. The molecule has 1 aromatic rings. The van der Waals surface area contributed by atoms with E-state index in [9.17, 15) is 5.11 Å². The molecule has 12 heavy (non-hydrogen) atoms. The molecule has 0 saturated heterocycles. The van der Waals surface area contributed by atoms with Crippen LogP contribution in [-0.2, 0) is 5.85 Å². The first-order chi connectivity index (χ1) is 5.72. The van der Waals surface area contributed by atoms with E-state index in [0.717, 1.165) is 6.34 Å². The van der Waals surface area contributed by atoms with E-state index in [0.29, 0.717) is 5.03 Å². The number of aromatic amines is 1. The van der Waals surface area contributed by atoms with Crippen molar-refractivity contribution in [3.8, 4) is 0 Å². The van der Waals surface area contributed by atoms with Crippen LogP contribution in [0.3, 0.4) is 0 Å². The summed E-state index contributed by atoms with van der Waals surface area (Å²) in [6.07, 6.45) is 1.14. The zero-order chi connectivity index (χ0) is 8.60. The van der Waals surface area contributed by atoms with Crippen molar-refractivity contribution in [2.24, 2.45) is 15.2 Å².